The summed E-state index contributed by atoms with van der Waals surface area (Å²) in [4.78, 5) is 0.608. The van der Waals surface area contributed by atoms with E-state index in [1.807, 2.05) is 19.1 Å². The Hall–Kier alpha value is -0.350. The van der Waals surface area contributed by atoms with Crippen LogP contribution in [0.4, 0.5) is 0 Å². The lowest BCUT2D eigenvalue weighted by molar-refractivity contribution is 0.678. The molecule has 0 saturated heterocycles. The van der Waals surface area contributed by atoms with E-state index in [2.05, 4.69) is 15.9 Å². The number of aryl methyl sites for hydroxylation is 1. The van der Waals surface area contributed by atoms with Gasteiger partial charge in [-0.3, -0.25) is 0 Å². The summed E-state index contributed by atoms with van der Waals surface area (Å²) in [7, 11) is -2.59. The third kappa shape index (κ3) is 2.08. The van der Waals surface area contributed by atoms with Gasteiger partial charge in [0.25, 0.3) is 0 Å². The predicted molar refractivity (Wildman–Crippen MR) is 53.9 cm³/mol. The minimum Gasteiger partial charge on any atom is -0.249 e. The number of hydrogen-bond donors (Lipinski definition) is 1. The first-order chi connectivity index (χ1) is 5.41. The van der Waals surface area contributed by atoms with Crippen molar-refractivity contribution in [1.29, 1.82) is 4.78 Å². The lowest BCUT2D eigenvalue weighted by atomic mass is 10.2. The van der Waals surface area contributed by atoms with E-state index >= 15 is 0 Å². The van der Waals surface area contributed by atoms with Gasteiger partial charge in [0, 0.05) is 10.7 Å². The molecule has 1 unspecified atom stereocenters. The van der Waals surface area contributed by atoms with Crippen LogP contribution in [0.1, 0.15) is 5.56 Å². The van der Waals surface area contributed by atoms with Gasteiger partial charge in [0.1, 0.15) is 0 Å². The molecule has 1 rings (SSSR count). The monoisotopic (exact) mass is 247 g/mol. The summed E-state index contributed by atoms with van der Waals surface area (Å²) in [6, 6.07) is 5.48. The van der Waals surface area contributed by atoms with Crippen molar-refractivity contribution in [3.05, 3.63) is 28.2 Å². The van der Waals surface area contributed by atoms with Crippen LogP contribution in [0.5, 0.6) is 0 Å². The van der Waals surface area contributed by atoms with Crippen LogP contribution >= 0.6 is 15.9 Å². The molecule has 0 aliphatic carbocycles. The number of rotatable bonds is 1. The molecule has 0 aliphatic heterocycles. The first-order valence-corrected chi connectivity index (χ1v) is 6.17. The average Bonchev–Trinajstić information content (AvgIpc) is 1.92. The van der Waals surface area contributed by atoms with Crippen molar-refractivity contribution in [3.8, 4) is 0 Å². The minimum atomic E-state index is -2.59. The van der Waals surface area contributed by atoms with Crippen molar-refractivity contribution >= 4 is 25.7 Å². The highest BCUT2D eigenvalue weighted by molar-refractivity contribution is 9.10. The van der Waals surface area contributed by atoms with Gasteiger partial charge in [-0.05, 0) is 24.6 Å². The molecule has 0 bridgehead atoms. The maximum absolute atomic E-state index is 11.4. The summed E-state index contributed by atoms with van der Waals surface area (Å²) in [6.45, 7) is 1.86. The van der Waals surface area contributed by atoms with E-state index in [9.17, 15) is 4.21 Å². The molecule has 2 nitrogen and oxygen atoms in total. The molecular formula is C8H10BrNOS. The summed E-state index contributed by atoms with van der Waals surface area (Å²) in [5.41, 5.74) is 0.903. The second kappa shape index (κ2) is 3.18. The van der Waals surface area contributed by atoms with Gasteiger partial charge in [-0.2, -0.15) is 0 Å². The summed E-state index contributed by atoms with van der Waals surface area (Å²) in [6.07, 6.45) is 1.43. The third-order valence-corrected chi connectivity index (χ3v) is 3.34. The Morgan fingerprint density at radius 3 is 2.50 bits per heavy atom. The fourth-order valence-electron chi connectivity index (χ4n) is 0.994. The van der Waals surface area contributed by atoms with Crippen LogP contribution in [0.15, 0.2) is 27.6 Å². The highest BCUT2D eigenvalue weighted by Crippen LogP contribution is 2.20. The molecule has 0 aliphatic rings. The fourth-order valence-corrected chi connectivity index (χ4v) is 2.54. The van der Waals surface area contributed by atoms with Gasteiger partial charge in [-0.25, -0.2) is 8.99 Å². The van der Waals surface area contributed by atoms with E-state index in [1.54, 1.807) is 6.07 Å². The lowest BCUT2D eigenvalue weighted by Gasteiger charge is -2.05. The van der Waals surface area contributed by atoms with Gasteiger partial charge < -0.3 is 0 Å². The van der Waals surface area contributed by atoms with Crippen LogP contribution in [0.3, 0.4) is 0 Å². The van der Waals surface area contributed by atoms with Crippen molar-refractivity contribution in [2.45, 2.75) is 11.8 Å². The molecule has 1 N–H and O–H groups in total. The van der Waals surface area contributed by atoms with Gasteiger partial charge in [0.15, 0.2) is 0 Å². The Morgan fingerprint density at radius 2 is 2.08 bits per heavy atom. The summed E-state index contributed by atoms with van der Waals surface area (Å²) in [5.74, 6) is 0. The zero-order valence-corrected chi connectivity index (χ0v) is 9.33. The van der Waals surface area contributed by atoms with Crippen molar-refractivity contribution in [2.24, 2.45) is 0 Å². The first-order valence-electron chi connectivity index (χ1n) is 3.41. The SMILES string of the molecule is Cc1ccc(Br)cc1S(C)(=N)=O. The van der Waals surface area contributed by atoms with Crippen LogP contribution in [0.25, 0.3) is 0 Å². The van der Waals surface area contributed by atoms with Crippen LogP contribution in [0, 0.1) is 11.7 Å². The Labute approximate surface area is 81.1 Å². The molecule has 0 radical (unpaired) electrons. The molecule has 0 heterocycles. The zero-order valence-electron chi connectivity index (χ0n) is 6.93. The molecular weight excluding hydrogens is 238 g/mol. The molecule has 1 aromatic carbocycles. The van der Waals surface area contributed by atoms with E-state index in [1.165, 1.54) is 6.26 Å². The van der Waals surface area contributed by atoms with Gasteiger partial charge in [0.05, 0.1) is 14.6 Å². The fraction of sp³-hybridized carbons (Fsp3) is 0.250. The van der Waals surface area contributed by atoms with Crippen LogP contribution in [-0.4, -0.2) is 10.5 Å². The predicted octanol–water partition coefficient (Wildman–Crippen LogP) is 2.79. The highest BCUT2D eigenvalue weighted by Gasteiger charge is 2.06. The lowest BCUT2D eigenvalue weighted by Crippen LogP contribution is -1.97. The topological polar surface area (TPSA) is 40.9 Å². The molecule has 0 saturated carbocycles. The van der Waals surface area contributed by atoms with E-state index in [-0.39, 0.29) is 0 Å². The number of benzene rings is 1. The average molecular weight is 248 g/mol. The molecule has 0 fully saturated rings. The molecule has 0 amide bonds. The first kappa shape index (κ1) is 9.74. The molecule has 4 heteroatoms. The Balaban J connectivity index is 3.43. The van der Waals surface area contributed by atoms with Gasteiger partial charge in [0.2, 0.25) is 0 Å². The van der Waals surface area contributed by atoms with Crippen molar-refractivity contribution in [3.63, 3.8) is 0 Å². The maximum Gasteiger partial charge on any atom is 0.0699 e. The normalized spacial score (nSPS) is 15.6. The summed E-state index contributed by atoms with van der Waals surface area (Å²) < 4.78 is 19.7. The van der Waals surface area contributed by atoms with Crippen molar-refractivity contribution in [1.82, 2.24) is 0 Å². The summed E-state index contributed by atoms with van der Waals surface area (Å²) >= 11 is 3.28. The third-order valence-electron chi connectivity index (χ3n) is 1.57. The second-order valence-electron chi connectivity index (χ2n) is 2.75. The minimum absolute atomic E-state index is 0.608. The number of hydrogen-bond acceptors (Lipinski definition) is 2. The van der Waals surface area contributed by atoms with Crippen LogP contribution in [0.2, 0.25) is 0 Å². The molecule has 12 heavy (non-hydrogen) atoms. The molecule has 66 valence electrons. The summed E-state index contributed by atoms with van der Waals surface area (Å²) in [5, 5.41) is 0. The Bertz CT molecular complexity index is 398. The van der Waals surface area contributed by atoms with Crippen LogP contribution < -0.4 is 0 Å². The van der Waals surface area contributed by atoms with Gasteiger partial charge in [-0.15, -0.1) is 0 Å². The molecule has 1 atom stereocenters. The van der Waals surface area contributed by atoms with Crippen LogP contribution in [-0.2, 0) is 9.73 Å². The maximum atomic E-state index is 11.4. The number of halogens is 1. The zero-order chi connectivity index (χ0) is 9.35. The van der Waals surface area contributed by atoms with E-state index in [4.69, 9.17) is 4.78 Å². The van der Waals surface area contributed by atoms with E-state index < -0.39 is 9.73 Å². The Kier molecular flexibility index (Phi) is 2.58. The Morgan fingerprint density at radius 1 is 1.50 bits per heavy atom. The quantitative estimate of drug-likeness (QED) is 0.815. The second-order valence-corrected chi connectivity index (χ2v) is 5.80. The van der Waals surface area contributed by atoms with Gasteiger partial charge >= 0.3 is 0 Å². The van der Waals surface area contributed by atoms with E-state index in [0.29, 0.717) is 4.90 Å². The molecule has 0 spiro atoms. The number of nitrogens with one attached hydrogen (secondary N) is 1. The standard InChI is InChI=1S/C8H10BrNOS/c1-6-3-4-7(9)5-8(6)12(2,10)11/h3-5,10H,1-2H3. The van der Waals surface area contributed by atoms with Gasteiger partial charge in [-0.1, -0.05) is 22.0 Å². The van der Waals surface area contributed by atoms with Crippen molar-refractivity contribution < 1.29 is 4.21 Å². The molecule has 1 aromatic rings. The molecule has 0 aromatic heterocycles. The largest absolute Gasteiger partial charge is 0.249 e. The van der Waals surface area contributed by atoms with E-state index in [0.717, 1.165) is 10.0 Å². The van der Waals surface area contributed by atoms with Crippen molar-refractivity contribution in [2.75, 3.05) is 6.26 Å². The smallest absolute Gasteiger partial charge is 0.0699 e. The highest BCUT2D eigenvalue weighted by atomic mass is 79.9.